The Morgan fingerprint density at radius 1 is 1.05 bits per heavy atom. The number of nitrogens with one attached hydrogen (secondary N) is 1. The predicted octanol–water partition coefficient (Wildman–Crippen LogP) is 2.39. The van der Waals surface area contributed by atoms with E-state index in [1.54, 1.807) is 24.3 Å². The molecule has 3 N–H and O–H groups in total. The predicted molar refractivity (Wildman–Crippen MR) is 82.5 cm³/mol. The molecule has 0 spiro atoms. The van der Waals surface area contributed by atoms with Crippen molar-refractivity contribution in [1.29, 1.82) is 0 Å². The topological polar surface area (TPSA) is 72.2 Å². The quantitative estimate of drug-likeness (QED) is 0.865. The summed E-state index contributed by atoms with van der Waals surface area (Å²) in [6.45, 7) is 0.568. The molecule has 0 radical (unpaired) electrons. The summed E-state index contributed by atoms with van der Waals surface area (Å²) in [4.78, 5) is 0.234. The molecule has 2 aromatic rings. The Kier molecular flexibility index (Phi) is 4.93. The van der Waals surface area contributed by atoms with E-state index in [0.29, 0.717) is 6.54 Å². The van der Waals surface area contributed by atoms with E-state index in [9.17, 15) is 8.42 Å². The number of hydrogen-bond donors (Lipinski definition) is 2. The second kappa shape index (κ2) is 6.49. The van der Waals surface area contributed by atoms with Crippen molar-refractivity contribution in [2.24, 2.45) is 5.73 Å². The van der Waals surface area contributed by atoms with Gasteiger partial charge in [-0.15, -0.1) is 0 Å². The van der Waals surface area contributed by atoms with Crippen LogP contribution >= 0.6 is 15.9 Å². The first-order valence-corrected chi connectivity index (χ1v) is 8.32. The van der Waals surface area contributed by atoms with Crippen LogP contribution in [0.5, 0.6) is 0 Å². The zero-order valence-electron chi connectivity index (χ0n) is 10.7. The molecule has 0 aliphatic heterocycles. The molecular formula is C14H15BrN2O2S. The van der Waals surface area contributed by atoms with Crippen LogP contribution in [0, 0.1) is 0 Å². The SMILES string of the molecule is NCc1cccc(S(=O)(=O)NCc2ccc(Br)cc2)c1. The van der Waals surface area contributed by atoms with Gasteiger partial charge in [-0.3, -0.25) is 0 Å². The highest BCUT2D eigenvalue weighted by Gasteiger charge is 2.13. The molecule has 6 heteroatoms. The molecule has 0 bridgehead atoms. The summed E-state index contributed by atoms with van der Waals surface area (Å²) < 4.78 is 27.9. The van der Waals surface area contributed by atoms with Crippen LogP contribution in [0.3, 0.4) is 0 Å². The van der Waals surface area contributed by atoms with Gasteiger partial charge < -0.3 is 5.73 Å². The summed E-state index contributed by atoms with van der Waals surface area (Å²) in [6.07, 6.45) is 0. The van der Waals surface area contributed by atoms with Gasteiger partial charge in [0.25, 0.3) is 0 Å². The van der Waals surface area contributed by atoms with Crippen LogP contribution in [-0.4, -0.2) is 8.42 Å². The molecule has 0 saturated heterocycles. The normalized spacial score (nSPS) is 11.5. The first-order chi connectivity index (χ1) is 9.51. The van der Waals surface area contributed by atoms with Crippen molar-refractivity contribution < 1.29 is 8.42 Å². The Hall–Kier alpha value is -1.21. The number of hydrogen-bond acceptors (Lipinski definition) is 3. The first-order valence-electron chi connectivity index (χ1n) is 6.04. The van der Waals surface area contributed by atoms with Crippen molar-refractivity contribution in [2.75, 3.05) is 0 Å². The molecule has 0 aliphatic rings. The summed E-state index contributed by atoms with van der Waals surface area (Å²) in [7, 11) is -3.52. The average molecular weight is 355 g/mol. The zero-order chi connectivity index (χ0) is 14.6. The van der Waals surface area contributed by atoms with E-state index in [2.05, 4.69) is 20.7 Å². The Morgan fingerprint density at radius 2 is 1.75 bits per heavy atom. The van der Waals surface area contributed by atoms with E-state index in [1.165, 1.54) is 0 Å². The molecule has 0 fully saturated rings. The molecule has 20 heavy (non-hydrogen) atoms. The number of rotatable bonds is 5. The second-order valence-electron chi connectivity index (χ2n) is 4.30. The number of nitrogens with two attached hydrogens (primary N) is 1. The molecule has 0 aliphatic carbocycles. The van der Waals surface area contributed by atoms with Crippen LogP contribution in [0.1, 0.15) is 11.1 Å². The fourth-order valence-electron chi connectivity index (χ4n) is 1.70. The van der Waals surface area contributed by atoms with E-state index < -0.39 is 10.0 Å². The van der Waals surface area contributed by atoms with Gasteiger partial charge in [-0.1, -0.05) is 40.2 Å². The molecule has 106 valence electrons. The van der Waals surface area contributed by atoms with Crippen molar-refractivity contribution in [3.63, 3.8) is 0 Å². The molecule has 0 saturated carbocycles. The van der Waals surface area contributed by atoms with Gasteiger partial charge in [0.15, 0.2) is 0 Å². The monoisotopic (exact) mass is 354 g/mol. The molecule has 0 atom stereocenters. The lowest BCUT2D eigenvalue weighted by atomic mass is 10.2. The molecule has 0 aromatic heterocycles. The summed E-state index contributed by atoms with van der Waals surface area (Å²) in [5.74, 6) is 0. The molecule has 2 aromatic carbocycles. The third-order valence-electron chi connectivity index (χ3n) is 2.82. The Balaban J connectivity index is 2.12. The molecular weight excluding hydrogens is 340 g/mol. The van der Waals surface area contributed by atoms with Crippen LogP contribution in [0.2, 0.25) is 0 Å². The van der Waals surface area contributed by atoms with Crippen molar-refractivity contribution in [2.45, 2.75) is 18.0 Å². The number of halogens is 1. The Labute approximate surface area is 127 Å². The largest absolute Gasteiger partial charge is 0.326 e. The smallest absolute Gasteiger partial charge is 0.240 e. The van der Waals surface area contributed by atoms with Gasteiger partial charge in [0.05, 0.1) is 4.90 Å². The third-order valence-corrected chi connectivity index (χ3v) is 4.75. The summed E-state index contributed by atoms with van der Waals surface area (Å²) in [5, 5.41) is 0. The van der Waals surface area contributed by atoms with Crippen molar-refractivity contribution >= 4 is 26.0 Å². The minimum atomic E-state index is -3.52. The molecule has 0 unspecified atom stereocenters. The minimum absolute atomic E-state index is 0.234. The van der Waals surface area contributed by atoms with E-state index >= 15 is 0 Å². The first kappa shape index (κ1) is 15.2. The fraction of sp³-hybridized carbons (Fsp3) is 0.143. The van der Waals surface area contributed by atoms with Gasteiger partial charge in [-0.05, 0) is 35.4 Å². The van der Waals surface area contributed by atoms with Crippen LogP contribution in [0.4, 0.5) is 0 Å². The summed E-state index contributed by atoms with van der Waals surface area (Å²) >= 11 is 3.34. The van der Waals surface area contributed by atoms with E-state index in [-0.39, 0.29) is 11.4 Å². The average Bonchev–Trinajstić information content (AvgIpc) is 2.47. The van der Waals surface area contributed by atoms with Crippen molar-refractivity contribution in [1.82, 2.24) is 4.72 Å². The van der Waals surface area contributed by atoms with Gasteiger partial charge in [-0.2, -0.15) is 0 Å². The maximum atomic E-state index is 12.2. The lowest BCUT2D eigenvalue weighted by Crippen LogP contribution is -2.23. The fourth-order valence-corrected chi connectivity index (χ4v) is 3.06. The van der Waals surface area contributed by atoms with E-state index in [4.69, 9.17) is 5.73 Å². The molecule has 2 rings (SSSR count). The van der Waals surface area contributed by atoms with Gasteiger partial charge in [0.1, 0.15) is 0 Å². The highest BCUT2D eigenvalue weighted by molar-refractivity contribution is 9.10. The Bertz CT molecular complexity index is 685. The third kappa shape index (κ3) is 3.89. The van der Waals surface area contributed by atoms with Crippen molar-refractivity contribution in [3.8, 4) is 0 Å². The van der Waals surface area contributed by atoms with Crippen molar-refractivity contribution in [3.05, 3.63) is 64.1 Å². The van der Waals surface area contributed by atoms with Gasteiger partial charge in [0, 0.05) is 17.6 Å². The maximum absolute atomic E-state index is 12.2. The molecule has 0 amide bonds. The summed E-state index contributed by atoms with van der Waals surface area (Å²) in [5.41, 5.74) is 7.21. The van der Waals surface area contributed by atoms with E-state index in [1.807, 2.05) is 24.3 Å². The zero-order valence-corrected chi connectivity index (χ0v) is 13.1. The standard InChI is InChI=1S/C14H15BrN2O2S/c15-13-6-4-11(5-7-13)10-17-20(18,19)14-3-1-2-12(8-14)9-16/h1-8,17H,9-10,16H2. The maximum Gasteiger partial charge on any atom is 0.240 e. The minimum Gasteiger partial charge on any atom is -0.326 e. The molecule has 0 heterocycles. The van der Waals surface area contributed by atoms with Crippen LogP contribution in [0.25, 0.3) is 0 Å². The van der Waals surface area contributed by atoms with E-state index in [0.717, 1.165) is 15.6 Å². The molecule has 4 nitrogen and oxygen atoms in total. The van der Waals surface area contributed by atoms with Crippen LogP contribution in [-0.2, 0) is 23.1 Å². The van der Waals surface area contributed by atoms with Gasteiger partial charge in [0.2, 0.25) is 10.0 Å². The lowest BCUT2D eigenvalue weighted by Gasteiger charge is -2.08. The lowest BCUT2D eigenvalue weighted by molar-refractivity contribution is 0.581. The van der Waals surface area contributed by atoms with Gasteiger partial charge in [-0.25, -0.2) is 13.1 Å². The Morgan fingerprint density at radius 3 is 2.40 bits per heavy atom. The van der Waals surface area contributed by atoms with Crippen LogP contribution < -0.4 is 10.5 Å². The highest BCUT2D eigenvalue weighted by atomic mass is 79.9. The number of sulfonamides is 1. The number of benzene rings is 2. The van der Waals surface area contributed by atoms with Gasteiger partial charge >= 0.3 is 0 Å². The highest BCUT2D eigenvalue weighted by Crippen LogP contribution is 2.13. The summed E-state index contributed by atoms with van der Waals surface area (Å²) in [6, 6.07) is 14.1. The second-order valence-corrected chi connectivity index (χ2v) is 6.99. The van der Waals surface area contributed by atoms with Crippen LogP contribution in [0.15, 0.2) is 57.9 Å².